The van der Waals surface area contributed by atoms with Crippen LogP contribution in [-0.4, -0.2) is 7.05 Å². The highest BCUT2D eigenvalue weighted by Gasteiger charge is 1.93. The molecular weight excluding hydrogens is 174 g/mol. The van der Waals surface area contributed by atoms with Gasteiger partial charge in [0.2, 0.25) is 0 Å². The second-order valence-electron chi connectivity index (χ2n) is 2.76. The topological polar surface area (TPSA) is 36.8 Å². The molecule has 0 saturated carbocycles. The summed E-state index contributed by atoms with van der Waals surface area (Å²) in [4.78, 5) is 0. The number of nitrogens with one attached hydrogen (secondary N) is 1. The number of hydrogen-bond acceptors (Lipinski definition) is 2. The minimum atomic E-state index is 0.635. The van der Waals surface area contributed by atoms with Crippen LogP contribution in [0.5, 0.6) is 0 Å². The third-order valence-corrected chi connectivity index (χ3v) is 1.65. The zero-order valence-corrected chi connectivity index (χ0v) is 8.88. The van der Waals surface area contributed by atoms with Crippen LogP contribution in [0.25, 0.3) is 0 Å². The monoisotopic (exact) mass is 191 g/mol. The molecular formula is C11H17N3. The zero-order valence-electron chi connectivity index (χ0n) is 8.88. The van der Waals surface area contributed by atoms with Crippen molar-refractivity contribution >= 4 is 0 Å². The van der Waals surface area contributed by atoms with E-state index in [2.05, 4.69) is 35.5 Å². The maximum Gasteiger partial charge on any atom is 0.0573 e. The van der Waals surface area contributed by atoms with Gasteiger partial charge in [-0.25, -0.2) is 0 Å². The second-order valence-corrected chi connectivity index (χ2v) is 2.76. The third kappa shape index (κ3) is 5.09. The van der Waals surface area contributed by atoms with Gasteiger partial charge in [-0.1, -0.05) is 49.6 Å². The molecule has 0 saturated heterocycles. The summed E-state index contributed by atoms with van der Waals surface area (Å²) < 4.78 is 0. The molecule has 0 heterocycles. The summed E-state index contributed by atoms with van der Waals surface area (Å²) in [6.07, 6.45) is 4.70. The summed E-state index contributed by atoms with van der Waals surface area (Å²) >= 11 is 0. The molecule has 0 bridgehead atoms. The molecule has 0 rings (SSSR count). The summed E-state index contributed by atoms with van der Waals surface area (Å²) in [6.45, 7) is 13.5. The maximum absolute atomic E-state index is 3.85. The first-order valence-corrected chi connectivity index (χ1v) is 4.40. The molecule has 14 heavy (non-hydrogen) atoms. The van der Waals surface area contributed by atoms with Gasteiger partial charge in [-0.3, -0.25) is 5.43 Å². The SMILES string of the molecule is C=C(/C=C\C(=C)C(=C)NN=NC)CC. The minimum absolute atomic E-state index is 0.635. The predicted octanol–water partition coefficient (Wildman–Crippen LogP) is 3.17. The molecule has 0 aromatic heterocycles. The Balaban J connectivity index is 4.14. The molecule has 0 aromatic rings. The molecule has 3 nitrogen and oxygen atoms in total. The van der Waals surface area contributed by atoms with Crippen LogP contribution in [0.2, 0.25) is 0 Å². The van der Waals surface area contributed by atoms with Gasteiger partial charge < -0.3 is 0 Å². The molecule has 0 radical (unpaired) electrons. The lowest BCUT2D eigenvalue weighted by Gasteiger charge is -2.02. The van der Waals surface area contributed by atoms with Gasteiger partial charge in [-0.15, -0.1) is 0 Å². The molecule has 76 valence electrons. The minimum Gasteiger partial charge on any atom is -0.260 e. The Hall–Kier alpha value is -1.64. The van der Waals surface area contributed by atoms with Gasteiger partial charge in [-0.05, 0) is 12.0 Å². The Morgan fingerprint density at radius 3 is 2.43 bits per heavy atom. The van der Waals surface area contributed by atoms with Crippen molar-refractivity contribution in [3.63, 3.8) is 0 Å². The van der Waals surface area contributed by atoms with Crippen LogP contribution in [0.15, 0.2) is 59.1 Å². The van der Waals surface area contributed by atoms with E-state index in [4.69, 9.17) is 0 Å². The lowest BCUT2D eigenvalue weighted by atomic mass is 10.1. The lowest BCUT2D eigenvalue weighted by Crippen LogP contribution is -2.03. The van der Waals surface area contributed by atoms with Crippen LogP contribution in [0, 0.1) is 0 Å². The quantitative estimate of drug-likeness (QED) is 0.391. The van der Waals surface area contributed by atoms with Gasteiger partial charge in [0.15, 0.2) is 0 Å². The van der Waals surface area contributed by atoms with Gasteiger partial charge in [0.25, 0.3) is 0 Å². The van der Waals surface area contributed by atoms with Crippen LogP contribution in [0.3, 0.4) is 0 Å². The van der Waals surface area contributed by atoms with Crippen molar-refractivity contribution < 1.29 is 0 Å². The fourth-order valence-corrected chi connectivity index (χ4v) is 0.619. The zero-order chi connectivity index (χ0) is 11.0. The standard InChI is InChI=1S/C11H17N3/c1-6-9(2)7-8-10(3)11(4)13-14-12-5/h7-8H,2-4,6H2,1,5H3,(H,12,13)/b8-7-. The van der Waals surface area contributed by atoms with E-state index in [9.17, 15) is 0 Å². The highest BCUT2D eigenvalue weighted by atomic mass is 15.4. The van der Waals surface area contributed by atoms with Crippen molar-refractivity contribution in [2.24, 2.45) is 10.3 Å². The Kier molecular flexibility index (Phi) is 6.03. The molecule has 0 fully saturated rings. The Bertz CT molecular complexity index is 285. The summed E-state index contributed by atoms with van der Waals surface area (Å²) in [7, 11) is 1.58. The van der Waals surface area contributed by atoms with Crippen molar-refractivity contribution in [3.05, 3.63) is 48.7 Å². The Morgan fingerprint density at radius 1 is 1.29 bits per heavy atom. The second kappa shape index (κ2) is 6.83. The first kappa shape index (κ1) is 12.4. The normalized spacial score (nSPS) is 10.7. The van der Waals surface area contributed by atoms with Crippen molar-refractivity contribution in [2.45, 2.75) is 13.3 Å². The van der Waals surface area contributed by atoms with Crippen molar-refractivity contribution in [2.75, 3.05) is 7.05 Å². The van der Waals surface area contributed by atoms with Crippen LogP contribution < -0.4 is 5.43 Å². The molecule has 3 heteroatoms. The van der Waals surface area contributed by atoms with E-state index in [1.54, 1.807) is 7.05 Å². The molecule has 0 aliphatic carbocycles. The van der Waals surface area contributed by atoms with E-state index in [1.807, 2.05) is 19.1 Å². The fourth-order valence-electron chi connectivity index (χ4n) is 0.619. The maximum atomic E-state index is 3.85. The molecule has 0 atom stereocenters. The molecule has 0 aliphatic heterocycles. The first-order valence-electron chi connectivity index (χ1n) is 4.40. The molecule has 0 unspecified atom stereocenters. The van der Waals surface area contributed by atoms with Crippen LogP contribution in [0.4, 0.5) is 0 Å². The Labute approximate surface area is 85.6 Å². The van der Waals surface area contributed by atoms with Gasteiger partial charge in [0.1, 0.15) is 0 Å². The lowest BCUT2D eigenvalue weighted by molar-refractivity contribution is 0.817. The van der Waals surface area contributed by atoms with Crippen molar-refractivity contribution in [1.29, 1.82) is 0 Å². The van der Waals surface area contributed by atoms with Crippen LogP contribution >= 0.6 is 0 Å². The summed E-state index contributed by atoms with van der Waals surface area (Å²) in [6, 6.07) is 0. The van der Waals surface area contributed by atoms with Gasteiger partial charge in [0, 0.05) is 0 Å². The molecule has 0 amide bonds. The van der Waals surface area contributed by atoms with E-state index in [-0.39, 0.29) is 0 Å². The van der Waals surface area contributed by atoms with Gasteiger partial charge >= 0.3 is 0 Å². The Morgan fingerprint density at radius 2 is 1.93 bits per heavy atom. The molecule has 0 aliphatic rings. The summed E-state index contributed by atoms with van der Waals surface area (Å²) in [5.41, 5.74) is 5.11. The number of rotatable bonds is 6. The smallest absolute Gasteiger partial charge is 0.0573 e. The number of allylic oxidation sites excluding steroid dienone is 3. The van der Waals surface area contributed by atoms with E-state index >= 15 is 0 Å². The third-order valence-electron chi connectivity index (χ3n) is 1.65. The highest BCUT2D eigenvalue weighted by Crippen LogP contribution is 2.06. The molecule has 1 N–H and O–H groups in total. The average molecular weight is 191 g/mol. The summed E-state index contributed by atoms with van der Waals surface area (Å²) in [5.74, 6) is 0. The fraction of sp³-hybridized carbons (Fsp3) is 0.273. The van der Waals surface area contributed by atoms with E-state index in [0.717, 1.165) is 17.6 Å². The van der Waals surface area contributed by atoms with Crippen molar-refractivity contribution in [1.82, 2.24) is 5.43 Å². The van der Waals surface area contributed by atoms with Gasteiger partial charge in [0.05, 0.1) is 12.7 Å². The molecule has 0 aromatic carbocycles. The number of hydrogen-bond donors (Lipinski definition) is 1. The average Bonchev–Trinajstić information content (AvgIpc) is 2.21. The number of nitrogens with zero attached hydrogens (tertiary/aromatic N) is 2. The van der Waals surface area contributed by atoms with Crippen LogP contribution in [0.1, 0.15) is 13.3 Å². The van der Waals surface area contributed by atoms with Gasteiger partial charge in [-0.2, -0.15) is 5.11 Å². The molecule has 0 spiro atoms. The highest BCUT2D eigenvalue weighted by molar-refractivity contribution is 5.36. The van der Waals surface area contributed by atoms with E-state index in [0.29, 0.717) is 5.70 Å². The predicted molar refractivity (Wildman–Crippen MR) is 60.8 cm³/mol. The van der Waals surface area contributed by atoms with E-state index < -0.39 is 0 Å². The summed E-state index contributed by atoms with van der Waals surface area (Å²) in [5, 5.41) is 7.14. The largest absolute Gasteiger partial charge is 0.260 e. The first-order chi connectivity index (χ1) is 6.61. The van der Waals surface area contributed by atoms with Crippen LogP contribution in [-0.2, 0) is 0 Å². The van der Waals surface area contributed by atoms with E-state index in [1.165, 1.54) is 0 Å². The van der Waals surface area contributed by atoms with Crippen molar-refractivity contribution in [3.8, 4) is 0 Å².